The van der Waals surface area contributed by atoms with Gasteiger partial charge in [0.15, 0.2) is 0 Å². The Bertz CT molecular complexity index is 3070. The summed E-state index contributed by atoms with van der Waals surface area (Å²) >= 11 is 23.9. The number of nitrogens with one attached hydrogen (secondary N) is 2. The van der Waals surface area contributed by atoms with Gasteiger partial charge >= 0.3 is 16.9 Å². The molecule has 326 valence electrons. The average molecular weight is 942 g/mol. The fourth-order valence-corrected chi connectivity index (χ4v) is 7.02. The van der Waals surface area contributed by atoms with Crippen LogP contribution in [-0.2, 0) is 19.3 Å². The molecular formula is C45H37Cl4N9O6. The third kappa shape index (κ3) is 12.2. The molecule has 0 saturated carbocycles. The van der Waals surface area contributed by atoms with Crippen molar-refractivity contribution >= 4 is 109 Å². The summed E-state index contributed by atoms with van der Waals surface area (Å²) in [5, 5.41) is 8.44. The van der Waals surface area contributed by atoms with E-state index in [4.69, 9.17) is 65.4 Å². The largest absolute Gasteiger partial charge is 0.403 e. The number of rotatable bonds is 7. The zero-order valence-electron chi connectivity index (χ0n) is 34.2. The smallest absolute Gasteiger partial charge is 0.337 e. The van der Waals surface area contributed by atoms with E-state index < -0.39 is 16.9 Å². The Morgan fingerprint density at radius 2 is 0.797 bits per heavy atom. The lowest BCUT2D eigenvalue weighted by molar-refractivity contribution is 0.546. The van der Waals surface area contributed by atoms with E-state index in [0.29, 0.717) is 35.4 Å². The second-order valence-corrected chi connectivity index (χ2v) is 14.6. The van der Waals surface area contributed by atoms with E-state index in [1.54, 1.807) is 0 Å². The maximum Gasteiger partial charge on any atom is 0.337 e. The Balaban J connectivity index is 0.000000150. The van der Waals surface area contributed by atoms with Crippen LogP contribution >= 0.6 is 46.4 Å². The number of nitrogens with zero attached hydrogens (tertiary/aromatic N) is 6. The van der Waals surface area contributed by atoms with Crippen LogP contribution in [0.4, 0.5) is 29.0 Å². The standard InChI is InChI=1S/2C15H12ClN3O2.C9H6Cl2N2O2.C6H7N/c2*1-2-9-8-11(20)21-14-12(9)13(16)18-15(19-14)17-10-6-4-3-5-7-10;1-2-4-3-5(14)15-8-6(4)7(10)12-9(11)13-8;7-6-4-2-1-3-5-6/h2*3-8H,2H2,1H3,(H,17,18,19);3H,2H2,1H3;1-5H,7H2. The maximum absolute atomic E-state index is 11.6. The quantitative estimate of drug-likeness (QED) is 0.0769. The van der Waals surface area contributed by atoms with Crippen LogP contribution in [0.1, 0.15) is 37.5 Å². The van der Waals surface area contributed by atoms with Crippen LogP contribution in [0.2, 0.25) is 20.7 Å². The first-order valence-electron chi connectivity index (χ1n) is 19.5. The lowest BCUT2D eigenvalue weighted by atomic mass is 10.1. The van der Waals surface area contributed by atoms with Crippen LogP contribution in [0, 0.1) is 0 Å². The highest BCUT2D eigenvalue weighted by molar-refractivity contribution is 6.36. The first-order chi connectivity index (χ1) is 30.8. The molecular weight excluding hydrogens is 904 g/mol. The number of fused-ring (bicyclic) bond motifs is 3. The third-order valence-corrected chi connectivity index (χ3v) is 9.89. The van der Waals surface area contributed by atoms with Crippen molar-refractivity contribution in [2.75, 3.05) is 16.4 Å². The van der Waals surface area contributed by atoms with Gasteiger partial charge in [0.1, 0.15) is 15.5 Å². The third-order valence-electron chi connectivity index (χ3n) is 8.90. The van der Waals surface area contributed by atoms with Gasteiger partial charge in [-0.25, -0.2) is 19.4 Å². The molecule has 6 heterocycles. The van der Waals surface area contributed by atoms with Crippen molar-refractivity contribution in [3.63, 3.8) is 0 Å². The summed E-state index contributed by atoms with van der Waals surface area (Å²) < 4.78 is 15.2. The molecule has 9 rings (SSSR count). The van der Waals surface area contributed by atoms with Gasteiger partial charge in [-0.2, -0.15) is 24.9 Å². The lowest BCUT2D eigenvalue weighted by Gasteiger charge is -2.08. The van der Waals surface area contributed by atoms with E-state index in [1.807, 2.05) is 112 Å². The van der Waals surface area contributed by atoms with Crippen LogP contribution in [0.3, 0.4) is 0 Å². The van der Waals surface area contributed by atoms with Crippen molar-refractivity contribution in [2.45, 2.75) is 40.0 Å². The molecule has 0 saturated heterocycles. The molecule has 6 aromatic heterocycles. The summed E-state index contributed by atoms with van der Waals surface area (Å²) in [5.41, 5.74) is 9.28. The number of anilines is 5. The Morgan fingerprint density at radius 3 is 1.12 bits per heavy atom. The van der Waals surface area contributed by atoms with Crippen LogP contribution in [-0.4, -0.2) is 29.9 Å². The first kappa shape index (κ1) is 46.6. The monoisotopic (exact) mass is 939 g/mol. The minimum absolute atomic E-state index is 0.0381. The summed E-state index contributed by atoms with van der Waals surface area (Å²) in [4.78, 5) is 58.8. The molecule has 19 heteroatoms. The fraction of sp³-hybridized carbons (Fsp3) is 0.133. The van der Waals surface area contributed by atoms with Crippen molar-refractivity contribution in [1.82, 2.24) is 29.9 Å². The normalized spacial score (nSPS) is 10.5. The Morgan fingerprint density at radius 1 is 0.469 bits per heavy atom. The lowest BCUT2D eigenvalue weighted by Crippen LogP contribution is -2.04. The highest BCUT2D eigenvalue weighted by atomic mass is 35.5. The van der Waals surface area contributed by atoms with Crippen LogP contribution in [0.15, 0.2) is 137 Å². The fourth-order valence-electron chi connectivity index (χ4n) is 5.97. The Hall–Kier alpha value is -6.91. The number of hydrogen-bond donors (Lipinski definition) is 3. The molecule has 0 atom stereocenters. The van der Waals surface area contributed by atoms with Gasteiger partial charge in [-0.15, -0.1) is 0 Å². The molecule has 64 heavy (non-hydrogen) atoms. The molecule has 0 amide bonds. The number of benzene rings is 3. The summed E-state index contributed by atoms with van der Waals surface area (Å²) in [7, 11) is 0. The van der Waals surface area contributed by atoms with Crippen LogP contribution < -0.4 is 33.2 Å². The number of nitrogen functional groups attached to an aromatic ring is 1. The molecule has 0 bridgehead atoms. The topological polar surface area (TPSA) is 218 Å². The maximum atomic E-state index is 11.6. The van der Waals surface area contributed by atoms with E-state index in [2.05, 4.69) is 40.5 Å². The second-order valence-electron chi connectivity index (χ2n) is 13.2. The Labute approximate surface area is 384 Å². The second kappa shape index (κ2) is 21.9. The SMILES string of the molecule is CCc1cc(=O)oc2nc(Cl)nc(Cl)c12.CCc1cc(=O)oc2nc(Nc3ccccc3)nc(Cl)c12.CCc1cc(=O)oc2nc(Nc3ccccc3)nc(Cl)c12.Nc1ccccc1. The van der Waals surface area contributed by atoms with Crippen molar-refractivity contribution in [3.8, 4) is 0 Å². The van der Waals surface area contributed by atoms with Crippen molar-refractivity contribution in [2.24, 2.45) is 0 Å². The molecule has 0 fully saturated rings. The van der Waals surface area contributed by atoms with E-state index in [9.17, 15) is 14.4 Å². The molecule has 9 aromatic rings. The van der Waals surface area contributed by atoms with Crippen molar-refractivity contribution in [1.29, 1.82) is 0 Å². The van der Waals surface area contributed by atoms with Crippen LogP contribution in [0.25, 0.3) is 33.3 Å². The van der Waals surface area contributed by atoms with E-state index in [0.717, 1.165) is 33.8 Å². The van der Waals surface area contributed by atoms with E-state index in [-0.39, 0.29) is 49.8 Å². The highest BCUT2D eigenvalue weighted by Gasteiger charge is 2.15. The number of aryl methyl sites for hydroxylation is 3. The number of nitrogens with two attached hydrogens (primary N) is 1. The number of aromatic nitrogens is 6. The summed E-state index contributed by atoms with van der Waals surface area (Å²) in [6, 6.07) is 32.6. The average Bonchev–Trinajstić information content (AvgIpc) is 3.26. The zero-order valence-corrected chi connectivity index (χ0v) is 37.3. The molecule has 0 aliphatic heterocycles. The molecule has 15 nitrogen and oxygen atoms in total. The molecule has 0 unspecified atom stereocenters. The zero-order chi connectivity index (χ0) is 45.8. The van der Waals surface area contributed by atoms with E-state index >= 15 is 0 Å². The number of halogens is 4. The number of para-hydroxylation sites is 3. The summed E-state index contributed by atoms with van der Waals surface area (Å²) in [6.07, 6.45) is 1.94. The van der Waals surface area contributed by atoms with E-state index in [1.165, 1.54) is 18.2 Å². The predicted octanol–water partition coefficient (Wildman–Crippen LogP) is 10.8. The van der Waals surface area contributed by atoms with Gasteiger partial charge in [-0.1, -0.05) is 110 Å². The van der Waals surface area contributed by atoms with Crippen molar-refractivity contribution in [3.05, 3.63) is 178 Å². The highest BCUT2D eigenvalue weighted by Crippen LogP contribution is 2.28. The first-order valence-corrected chi connectivity index (χ1v) is 21.0. The van der Waals surface area contributed by atoms with Gasteiger partial charge in [0.25, 0.3) is 0 Å². The summed E-state index contributed by atoms with van der Waals surface area (Å²) in [5.74, 6) is 0.574. The van der Waals surface area contributed by atoms with Crippen molar-refractivity contribution < 1.29 is 13.3 Å². The molecule has 0 spiro atoms. The predicted molar refractivity (Wildman–Crippen MR) is 253 cm³/mol. The molecule has 4 N–H and O–H groups in total. The number of hydrogen-bond acceptors (Lipinski definition) is 15. The van der Waals surface area contributed by atoms with Gasteiger partial charge < -0.3 is 29.6 Å². The molecule has 0 radical (unpaired) electrons. The van der Waals surface area contributed by atoms with Crippen LogP contribution in [0.5, 0.6) is 0 Å². The van der Waals surface area contributed by atoms with Gasteiger partial charge in [0, 0.05) is 35.3 Å². The minimum Gasteiger partial charge on any atom is -0.403 e. The molecule has 0 aliphatic rings. The van der Waals surface area contributed by atoms with Gasteiger partial charge in [-0.3, -0.25) is 0 Å². The molecule has 0 aliphatic carbocycles. The summed E-state index contributed by atoms with van der Waals surface area (Å²) in [6.45, 7) is 5.76. The van der Waals surface area contributed by atoms with Gasteiger partial charge in [0.2, 0.25) is 34.3 Å². The van der Waals surface area contributed by atoms with Gasteiger partial charge in [-0.05, 0) is 84.0 Å². The minimum atomic E-state index is -0.467. The molecule has 3 aromatic carbocycles. The Kier molecular flexibility index (Phi) is 16.0. The van der Waals surface area contributed by atoms with Gasteiger partial charge in [0.05, 0.1) is 16.2 Å².